The Morgan fingerprint density at radius 1 is 1.28 bits per heavy atom. The maximum atomic E-state index is 12.7. The van der Waals surface area contributed by atoms with E-state index in [1.54, 1.807) is 0 Å². The average Bonchev–Trinajstić information content (AvgIpc) is 3.04. The zero-order valence-corrected chi connectivity index (χ0v) is 13.6. The summed E-state index contributed by atoms with van der Waals surface area (Å²) in [6.45, 7) is 2.26. The van der Waals surface area contributed by atoms with Crippen LogP contribution in [0.4, 0.5) is 13.2 Å². The van der Waals surface area contributed by atoms with Crippen molar-refractivity contribution in [2.75, 3.05) is 26.9 Å². The van der Waals surface area contributed by atoms with E-state index in [1.807, 2.05) is 0 Å². The lowest BCUT2D eigenvalue weighted by molar-refractivity contribution is -0.137. The number of hydrogen-bond acceptors (Lipinski definition) is 6. The van der Waals surface area contributed by atoms with Crippen LogP contribution in [0.3, 0.4) is 0 Å². The van der Waals surface area contributed by atoms with Gasteiger partial charge in [0.2, 0.25) is 0 Å². The summed E-state index contributed by atoms with van der Waals surface area (Å²) in [7, 11) is 1.53. The van der Waals surface area contributed by atoms with E-state index in [0.717, 1.165) is 17.7 Å². The first kappa shape index (κ1) is 17.8. The molecule has 0 spiro atoms. The molecule has 136 valence electrons. The van der Waals surface area contributed by atoms with Gasteiger partial charge in [-0.1, -0.05) is 17.3 Å². The van der Waals surface area contributed by atoms with Gasteiger partial charge in [0.05, 0.1) is 24.8 Å². The van der Waals surface area contributed by atoms with E-state index in [1.165, 1.54) is 19.2 Å². The minimum absolute atomic E-state index is 0.217. The molecule has 1 fully saturated rings. The fourth-order valence-electron chi connectivity index (χ4n) is 2.68. The highest BCUT2D eigenvalue weighted by atomic mass is 19.4. The quantitative estimate of drug-likeness (QED) is 0.820. The SMILES string of the molecule is COCc1nc(C2COCCN2Cc2ccc(C(F)(F)F)cc2)no1. The molecule has 0 saturated carbocycles. The van der Waals surface area contributed by atoms with Crippen molar-refractivity contribution in [3.63, 3.8) is 0 Å². The largest absolute Gasteiger partial charge is 0.416 e. The minimum Gasteiger partial charge on any atom is -0.378 e. The molecule has 3 rings (SSSR count). The average molecular weight is 357 g/mol. The monoisotopic (exact) mass is 357 g/mol. The lowest BCUT2D eigenvalue weighted by Crippen LogP contribution is -2.39. The number of rotatable bonds is 5. The van der Waals surface area contributed by atoms with Crippen LogP contribution in [-0.2, 0) is 28.8 Å². The first-order valence-corrected chi connectivity index (χ1v) is 7.76. The molecule has 0 N–H and O–H groups in total. The Morgan fingerprint density at radius 2 is 2.04 bits per heavy atom. The Labute approximate surface area is 142 Å². The second kappa shape index (κ2) is 7.51. The summed E-state index contributed by atoms with van der Waals surface area (Å²) >= 11 is 0. The maximum Gasteiger partial charge on any atom is 0.416 e. The number of methoxy groups -OCH3 is 1. The van der Waals surface area contributed by atoms with Crippen molar-refractivity contribution in [1.82, 2.24) is 15.0 Å². The van der Waals surface area contributed by atoms with E-state index in [4.69, 9.17) is 14.0 Å². The highest BCUT2D eigenvalue weighted by Crippen LogP contribution is 2.30. The number of alkyl halides is 3. The minimum atomic E-state index is -4.33. The zero-order valence-electron chi connectivity index (χ0n) is 13.6. The summed E-state index contributed by atoms with van der Waals surface area (Å²) in [6.07, 6.45) is -4.33. The Morgan fingerprint density at radius 3 is 2.72 bits per heavy atom. The Balaban J connectivity index is 1.72. The summed E-state index contributed by atoms with van der Waals surface area (Å²) in [4.78, 5) is 6.35. The molecule has 6 nitrogen and oxygen atoms in total. The summed E-state index contributed by atoms with van der Waals surface area (Å²) in [6, 6.07) is 4.94. The Hall–Kier alpha value is -1.97. The first-order chi connectivity index (χ1) is 12.0. The second-order valence-corrected chi connectivity index (χ2v) is 5.74. The van der Waals surface area contributed by atoms with Crippen LogP contribution in [0, 0.1) is 0 Å². The summed E-state index contributed by atoms with van der Waals surface area (Å²) in [5.41, 5.74) is 0.123. The van der Waals surface area contributed by atoms with Crippen LogP contribution < -0.4 is 0 Å². The smallest absolute Gasteiger partial charge is 0.378 e. The lowest BCUT2D eigenvalue weighted by atomic mass is 10.1. The van der Waals surface area contributed by atoms with Crippen LogP contribution in [-0.4, -0.2) is 41.9 Å². The number of nitrogens with zero attached hydrogens (tertiary/aromatic N) is 3. The van der Waals surface area contributed by atoms with Crippen LogP contribution in [0.1, 0.15) is 28.9 Å². The molecule has 2 heterocycles. The van der Waals surface area contributed by atoms with Crippen LogP contribution in [0.25, 0.3) is 0 Å². The summed E-state index contributed by atoms with van der Waals surface area (Å²) in [5, 5.41) is 3.96. The van der Waals surface area contributed by atoms with Gasteiger partial charge in [-0.2, -0.15) is 18.2 Å². The van der Waals surface area contributed by atoms with Crippen molar-refractivity contribution in [3.05, 3.63) is 47.1 Å². The fourth-order valence-corrected chi connectivity index (χ4v) is 2.68. The predicted octanol–water partition coefficient (Wildman–Crippen LogP) is 2.81. The van der Waals surface area contributed by atoms with Crippen LogP contribution >= 0.6 is 0 Å². The van der Waals surface area contributed by atoms with Gasteiger partial charge in [0.25, 0.3) is 5.89 Å². The molecule has 1 aliphatic rings. The second-order valence-electron chi connectivity index (χ2n) is 5.74. The van der Waals surface area contributed by atoms with Gasteiger partial charge in [0.15, 0.2) is 5.82 Å². The molecule has 1 aromatic heterocycles. The molecule has 0 bridgehead atoms. The molecule has 1 unspecified atom stereocenters. The van der Waals surface area contributed by atoms with Gasteiger partial charge in [-0.15, -0.1) is 0 Å². The van der Waals surface area contributed by atoms with Gasteiger partial charge in [-0.05, 0) is 17.7 Å². The normalized spacial score (nSPS) is 19.3. The highest BCUT2D eigenvalue weighted by Gasteiger charge is 2.31. The topological polar surface area (TPSA) is 60.6 Å². The van der Waals surface area contributed by atoms with Gasteiger partial charge in [-0.25, -0.2) is 0 Å². The first-order valence-electron chi connectivity index (χ1n) is 7.76. The molecule has 2 aromatic rings. The predicted molar refractivity (Wildman–Crippen MR) is 80.4 cm³/mol. The number of ether oxygens (including phenoxy) is 2. The Bertz CT molecular complexity index is 688. The molecule has 0 radical (unpaired) electrons. The summed E-state index contributed by atoms with van der Waals surface area (Å²) < 4.78 is 53.6. The van der Waals surface area contributed by atoms with E-state index >= 15 is 0 Å². The number of morpholine rings is 1. The van der Waals surface area contributed by atoms with Gasteiger partial charge in [-0.3, -0.25) is 4.90 Å². The van der Waals surface area contributed by atoms with E-state index in [-0.39, 0.29) is 12.6 Å². The standard InChI is InChI=1S/C16H18F3N3O3/c1-23-10-14-20-15(21-25-14)13-9-24-7-6-22(13)8-11-2-4-12(5-3-11)16(17,18)19/h2-5,13H,6-10H2,1H3. The van der Waals surface area contributed by atoms with Gasteiger partial charge in [0.1, 0.15) is 6.61 Å². The van der Waals surface area contributed by atoms with E-state index in [0.29, 0.717) is 38.0 Å². The van der Waals surface area contributed by atoms with Crippen molar-refractivity contribution < 1.29 is 27.2 Å². The molecule has 0 aliphatic carbocycles. The lowest BCUT2D eigenvalue weighted by Gasteiger charge is -2.33. The third kappa shape index (κ3) is 4.36. The third-order valence-corrected chi connectivity index (χ3v) is 3.96. The molecule has 9 heteroatoms. The number of hydrogen-bond donors (Lipinski definition) is 0. The third-order valence-electron chi connectivity index (χ3n) is 3.96. The van der Waals surface area contributed by atoms with E-state index in [9.17, 15) is 13.2 Å². The van der Waals surface area contributed by atoms with Crippen molar-refractivity contribution in [2.24, 2.45) is 0 Å². The van der Waals surface area contributed by atoms with Crippen molar-refractivity contribution in [3.8, 4) is 0 Å². The highest BCUT2D eigenvalue weighted by molar-refractivity contribution is 5.24. The van der Waals surface area contributed by atoms with Gasteiger partial charge in [0, 0.05) is 20.2 Å². The van der Waals surface area contributed by atoms with Crippen molar-refractivity contribution in [1.29, 1.82) is 0 Å². The molecule has 1 aromatic carbocycles. The molecular weight excluding hydrogens is 339 g/mol. The Kier molecular flexibility index (Phi) is 5.36. The zero-order chi connectivity index (χ0) is 17.9. The molecule has 0 amide bonds. The maximum absolute atomic E-state index is 12.7. The fraction of sp³-hybridized carbons (Fsp3) is 0.500. The number of aromatic nitrogens is 2. The molecule has 1 aliphatic heterocycles. The number of benzene rings is 1. The molecule has 25 heavy (non-hydrogen) atoms. The van der Waals surface area contributed by atoms with Gasteiger partial charge < -0.3 is 14.0 Å². The van der Waals surface area contributed by atoms with Crippen LogP contribution in [0.2, 0.25) is 0 Å². The van der Waals surface area contributed by atoms with E-state index < -0.39 is 11.7 Å². The summed E-state index contributed by atoms with van der Waals surface area (Å²) in [5.74, 6) is 0.858. The van der Waals surface area contributed by atoms with Gasteiger partial charge >= 0.3 is 6.18 Å². The van der Waals surface area contributed by atoms with E-state index in [2.05, 4.69) is 15.0 Å². The number of halogens is 3. The molecule has 1 saturated heterocycles. The molecular formula is C16H18F3N3O3. The van der Waals surface area contributed by atoms with Crippen molar-refractivity contribution >= 4 is 0 Å². The van der Waals surface area contributed by atoms with Crippen LogP contribution in [0.15, 0.2) is 28.8 Å². The molecule has 1 atom stereocenters. The van der Waals surface area contributed by atoms with Crippen LogP contribution in [0.5, 0.6) is 0 Å². The van der Waals surface area contributed by atoms with Crippen molar-refractivity contribution in [2.45, 2.75) is 25.4 Å².